The lowest BCUT2D eigenvalue weighted by Crippen LogP contribution is -2.45. The molecule has 1 aromatic heterocycles. The first-order valence-electron chi connectivity index (χ1n) is 9.73. The zero-order valence-corrected chi connectivity index (χ0v) is 16.3. The van der Waals surface area contributed by atoms with Crippen molar-refractivity contribution in [2.24, 2.45) is 16.9 Å². The minimum Gasteiger partial charge on any atom is -0.493 e. The molecule has 2 aliphatic rings. The van der Waals surface area contributed by atoms with Gasteiger partial charge in [0.15, 0.2) is 11.5 Å². The van der Waals surface area contributed by atoms with Crippen molar-refractivity contribution < 1.29 is 14.3 Å². The van der Waals surface area contributed by atoms with Gasteiger partial charge in [-0.1, -0.05) is 18.9 Å². The zero-order chi connectivity index (χ0) is 19.5. The standard InChI is InChI=1S/C22H25N3O3/c1-27-19-11-10-15(13-20(19)28-2)21-17-8-3-4-9-18(17)22(26)25(24-21)14-16-7-5-6-12-23-16/h5-7,10-13,17-18H,3-4,8-9,14H2,1-2H3/t17-,18+/m1/s1. The highest BCUT2D eigenvalue weighted by Gasteiger charge is 2.41. The molecule has 1 aromatic carbocycles. The molecule has 2 aromatic rings. The van der Waals surface area contributed by atoms with Gasteiger partial charge in [0.1, 0.15) is 0 Å². The van der Waals surface area contributed by atoms with E-state index in [1.54, 1.807) is 25.4 Å². The number of ether oxygens (including phenoxy) is 2. The molecule has 0 saturated heterocycles. The monoisotopic (exact) mass is 379 g/mol. The molecule has 2 heterocycles. The molecular formula is C22H25N3O3. The number of hydrogen-bond donors (Lipinski definition) is 0. The lowest BCUT2D eigenvalue weighted by atomic mass is 9.73. The predicted molar refractivity (Wildman–Crippen MR) is 106 cm³/mol. The summed E-state index contributed by atoms with van der Waals surface area (Å²) in [6.45, 7) is 0.389. The van der Waals surface area contributed by atoms with E-state index < -0.39 is 0 Å². The van der Waals surface area contributed by atoms with Crippen molar-refractivity contribution in [3.8, 4) is 11.5 Å². The van der Waals surface area contributed by atoms with E-state index in [0.29, 0.717) is 18.0 Å². The van der Waals surface area contributed by atoms with Crippen LogP contribution < -0.4 is 9.47 Å². The van der Waals surface area contributed by atoms with Crippen LogP contribution in [0.2, 0.25) is 0 Å². The number of rotatable bonds is 5. The highest BCUT2D eigenvalue weighted by Crippen LogP contribution is 2.39. The average Bonchev–Trinajstić information content (AvgIpc) is 2.76. The highest BCUT2D eigenvalue weighted by atomic mass is 16.5. The Balaban J connectivity index is 1.73. The quantitative estimate of drug-likeness (QED) is 0.795. The van der Waals surface area contributed by atoms with Gasteiger partial charge in [0, 0.05) is 23.6 Å². The van der Waals surface area contributed by atoms with E-state index in [0.717, 1.165) is 42.7 Å². The number of carbonyl (C=O) groups excluding carboxylic acids is 1. The number of hydrogen-bond acceptors (Lipinski definition) is 5. The molecule has 146 valence electrons. The van der Waals surface area contributed by atoms with Crippen molar-refractivity contribution in [2.75, 3.05) is 14.2 Å². The minimum absolute atomic E-state index is 0.0157. The number of amides is 1. The van der Waals surface area contributed by atoms with Crippen LogP contribution in [0.15, 0.2) is 47.7 Å². The molecule has 1 aliphatic carbocycles. The van der Waals surface area contributed by atoms with Gasteiger partial charge in [0.25, 0.3) is 0 Å². The molecule has 4 rings (SSSR count). The van der Waals surface area contributed by atoms with Gasteiger partial charge in [-0.05, 0) is 43.2 Å². The number of methoxy groups -OCH3 is 2. The molecule has 6 heteroatoms. The van der Waals surface area contributed by atoms with E-state index in [2.05, 4.69) is 4.98 Å². The molecule has 1 amide bonds. The molecule has 1 saturated carbocycles. The fraction of sp³-hybridized carbons (Fsp3) is 0.409. The van der Waals surface area contributed by atoms with Crippen molar-refractivity contribution in [2.45, 2.75) is 32.2 Å². The third kappa shape index (κ3) is 3.46. The number of carbonyl (C=O) groups is 1. The SMILES string of the molecule is COc1ccc(C2=NN(Cc3ccccn3)C(=O)[C@H]3CCCC[C@@H]23)cc1OC. The third-order valence-corrected chi connectivity index (χ3v) is 5.63. The van der Waals surface area contributed by atoms with Gasteiger partial charge in [-0.3, -0.25) is 9.78 Å². The van der Waals surface area contributed by atoms with Crippen molar-refractivity contribution in [3.63, 3.8) is 0 Å². The van der Waals surface area contributed by atoms with E-state index in [1.807, 2.05) is 36.4 Å². The molecule has 6 nitrogen and oxygen atoms in total. The minimum atomic E-state index is -0.0157. The maximum atomic E-state index is 13.1. The van der Waals surface area contributed by atoms with Crippen LogP contribution in [-0.2, 0) is 11.3 Å². The number of nitrogens with zero attached hydrogens (tertiary/aromatic N) is 3. The van der Waals surface area contributed by atoms with Crippen LogP contribution in [0.1, 0.15) is 36.9 Å². The number of benzene rings is 1. The van der Waals surface area contributed by atoms with E-state index in [-0.39, 0.29) is 17.7 Å². The molecular weight excluding hydrogens is 354 g/mol. The largest absolute Gasteiger partial charge is 0.493 e. The summed E-state index contributed by atoms with van der Waals surface area (Å²) >= 11 is 0. The van der Waals surface area contributed by atoms with Gasteiger partial charge in [-0.15, -0.1) is 0 Å². The third-order valence-electron chi connectivity index (χ3n) is 5.63. The van der Waals surface area contributed by atoms with Gasteiger partial charge < -0.3 is 9.47 Å². The number of fused-ring (bicyclic) bond motifs is 1. The number of hydrazone groups is 1. The van der Waals surface area contributed by atoms with Crippen LogP contribution in [0, 0.1) is 11.8 Å². The van der Waals surface area contributed by atoms with Crippen molar-refractivity contribution in [3.05, 3.63) is 53.9 Å². The fourth-order valence-electron chi connectivity index (χ4n) is 4.22. The molecule has 0 unspecified atom stereocenters. The van der Waals surface area contributed by atoms with Gasteiger partial charge in [0.2, 0.25) is 5.91 Å². The van der Waals surface area contributed by atoms with Gasteiger partial charge >= 0.3 is 0 Å². The molecule has 0 N–H and O–H groups in total. The van der Waals surface area contributed by atoms with Crippen LogP contribution in [0.3, 0.4) is 0 Å². The average molecular weight is 379 g/mol. The Morgan fingerprint density at radius 3 is 2.54 bits per heavy atom. The Kier molecular flexibility index (Phi) is 5.28. The molecule has 0 spiro atoms. The Hall–Kier alpha value is -2.89. The predicted octanol–water partition coefficient (Wildman–Crippen LogP) is 3.65. The van der Waals surface area contributed by atoms with E-state index in [4.69, 9.17) is 14.6 Å². The van der Waals surface area contributed by atoms with Crippen molar-refractivity contribution in [1.82, 2.24) is 9.99 Å². The molecule has 2 atom stereocenters. The smallest absolute Gasteiger partial charge is 0.246 e. The molecule has 1 aliphatic heterocycles. The fourth-order valence-corrected chi connectivity index (χ4v) is 4.22. The summed E-state index contributed by atoms with van der Waals surface area (Å²) in [5.74, 6) is 1.60. The normalized spacial score (nSPS) is 21.7. The lowest BCUT2D eigenvalue weighted by molar-refractivity contribution is -0.139. The second-order valence-electron chi connectivity index (χ2n) is 7.27. The summed E-state index contributed by atoms with van der Waals surface area (Å²) in [4.78, 5) is 17.5. The molecule has 0 bridgehead atoms. The van der Waals surface area contributed by atoms with Crippen LogP contribution in [0.5, 0.6) is 11.5 Å². The van der Waals surface area contributed by atoms with Gasteiger partial charge in [-0.25, -0.2) is 5.01 Å². The Morgan fingerprint density at radius 2 is 1.82 bits per heavy atom. The first kappa shape index (κ1) is 18.5. The van der Waals surface area contributed by atoms with Crippen molar-refractivity contribution >= 4 is 11.6 Å². The number of pyridine rings is 1. The maximum absolute atomic E-state index is 13.1. The van der Waals surface area contributed by atoms with Crippen LogP contribution in [0.4, 0.5) is 0 Å². The number of aromatic nitrogens is 1. The van der Waals surface area contributed by atoms with E-state index in [9.17, 15) is 4.79 Å². The van der Waals surface area contributed by atoms with Crippen molar-refractivity contribution in [1.29, 1.82) is 0 Å². The Morgan fingerprint density at radius 1 is 1.04 bits per heavy atom. The van der Waals surface area contributed by atoms with Gasteiger partial charge in [0.05, 0.1) is 32.2 Å². The summed E-state index contributed by atoms with van der Waals surface area (Å²) in [5, 5.41) is 6.41. The zero-order valence-electron chi connectivity index (χ0n) is 16.3. The van der Waals surface area contributed by atoms with E-state index >= 15 is 0 Å². The summed E-state index contributed by atoms with van der Waals surface area (Å²) in [7, 11) is 3.25. The first-order valence-corrected chi connectivity index (χ1v) is 9.73. The topological polar surface area (TPSA) is 64.0 Å². The highest BCUT2D eigenvalue weighted by molar-refractivity contribution is 6.07. The second-order valence-corrected chi connectivity index (χ2v) is 7.27. The summed E-state index contributed by atoms with van der Waals surface area (Å²) in [5.41, 5.74) is 2.77. The Bertz CT molecular complexity index is 882. The second kappa shape index (κ2) is 8.00. The van der Waals surface area contributed by atoms with Crippen LogP contribution in [-0.4, -0.2) is 35.8 Å². The summed E-state index contributed by atoms with van der Waals surface area (Å²) < 4.78 is 10.8. The molecule has 1 fully saturated rings. The Labute approximate surface area is 165 Å². The van der Waals surface area contributed by atoms with Crippen LogP contribution >= 0.6 is 0 Å². The van der Waals surface area contributed by atoms with E-state index in [1.165, 1.54) is 0 Å². The summed E-state index contributed by atoms with van der Waals surface area (Å²) in [6.07, 6.45) is 5.85. The summed E-state index contributed by atoms with van der Waals surface area (Å²) in [6, 6.07) is 11.6. The van der Waals surface area contributed by atoms with Gasteiger partial charge in [-0.2, -0.15) is 5.10 Å². The molecule has 28 heavy (non-hydrogen) atoms. The van der Waals surface area contributed by atoms with Crippen LogP contribution in [0.25, 0.3) is 0 Å². The first-order chi connectivity index (χ1) is 13.7. The molecule has 0 radical (unpaired) electrons. The lowest BCUT2D eigenvalue weighted by Gasteiger charge is -2.38. The maximum Gasteiger partial charge on any atom is 0.246 e.